The molecule has 0 aromatic heterocycles. The SMILES string of the molecule is COC(=O)c1ccc(NC(=O)C(=O)Nc2cc(OC)c(OC)c(OC)c2)cc1. The maximum atomic E-state index is 12.2. The van der Waals surface area contributed by atoms with E-state index >= 15 is 0 Å². The Balaban J connectivity index is 2.10. The first-order chi connectivity index (χ1) is 13.4. The highest BCUT2D eigenvalue weighted by atomic mass is 16.5. The Morgan fingerprint density at radius 2 is 1.21 bits per heavy atom. The van der Waals surface area contributed by atoms with Gasteiger partial charge in [0.05, 0.1) is 34.0 Å². The molecule has 0 fully saturated rings. The van der Waals surface area contributed by atoms with E-state index in [1.54, 1.807) is 0 Å². The summed E-state index contributed by atoms with van der Waals surface area (Å²) in [6, 6.07) is 8.90. The highest BCUT2D eigenvalue weighted by Crippen LogP contribution is 2.39. The summed E-state index contributed by atoms with van der Waals surface area (Å²) in [5.41, 5.74) is 0.954. The lowest BCUT2D eigenvalue weighted by Crippen LogP contribution is -2.29. The maximum Gasteiger partial charge on any atom is 0.337 e. The Bertz CT molecular complexity index is 853. The lowest BCUT2D eigenvalue weighted by Gasteiger charge is -2.14. The van der Waals surface area contributed by atoms with Crippen molar-refractivity contribution in [3.05, 3.63) is 42.0 Å². The van der Waals surface area contributed by atoms with Crippen molar-refractivity contribution in [2.24, 2.45) is 0 Å². The lowest BCUT2D eigenvalue weighted by molar-refractivity contribution is -0.133. The Morgan fingerprint density at radius 1 is 0.714 bits per heavy atom. The van der Waals surface area contributed by atoms with Crippen LogP contribution in [0.4, 0.5) is 11.4 Å². The molecule has 9 nitrogen and oxygen atoms in total. The van der Waals surface area contributed by atoms with Crippen LogP contribution in [0.15, 0.2) is 36.4 Å². The third-order valence-electron chi connectivity index (χ3n) is 3.69. The van der Waals surface area contributed by atoms with Crippen LogP contribution in [0.25, 0.3) is 0 Å². The predicted molar refractivity (Wildman–Crippen MR) is 101 cm³/mol. The molecule has 28 heavy (non-hydrogen) atoms. The van der Waals surface area contributed by atoms with Crippen LogP contribution in [0.3, 0.4) is 0 Å². The van der Waals surface area contributed by atoms with Gasteiger partial charge in [-0.15, -0.1) is 0 Å². The number of carbonyl (C=O) groups is 3. The first kappa shape index (κ1) is 20.6. The summed E-state index contributed by atoms with van der Waals surface area (Å²) in [6.07, 6.45) is 0. The Labute approximate surface area is 161 Å². The number of esters is 1. The smallest absolute Gasteiger partial charge is 0.337 e. The van der Waals surface area contributed by atoms with Crippen molar-refractivity contribution in [1.82, 2.24) is 0 Å². The molecule has 0 aliphatic heterocycles. The van der Waals surface area contributed by atoms with E-state index in [9.17, 15) is 14.4 Å². The average Bonchev–Trinajstić information content (AvgIpc) is 2.72. The van der Waals surface area contributed by atoms with E-state index in [4.69, 9.17) is 14.2 Å². The van der Waals surface area contributed by atoms with Gasteiger partial charge in [0.1, 0.15) is 0 Å². The van der Waals surface area contributed by atoms with Gasteiger partial charge >= 0.3 is 17.8 Å². The minimum absolute atomic E-state index is 0.288. The molecule has 2 rings (SSSR count). The van der Waals surface area contributed by atoms with Crippen LogP contribution < -0.4 is 24.8 Å². The monoisotopic (exact) mass is 388 g/mol. The van der Waals surface area contributed by atoms with E-state index in [2.05, 4.69) is 15.4 Å². The topological polar surface area (TPSA) is 112 Å². The van der Waals surface area contributed by atoms with Crippen molar-refractivity contribution in [3.8, 4) is 17.2 Å². The van der Waals surface area contributed by atoms with Crippen LogP contribution in [0, 0.1) is 0 Å². The van der Waals surface area contributed by atoms with E-state index in [-0.39, 0.29) is 5.69 Å². The molecule has 0 aliphatic rings. The summed E-state index contributed by atoms with van der Waals surface area (Å²) in [5.74, 6) is -1.27. The molecule has 2 aromatic rings. The van der Waals surface area contributed by atoms with Crippen molar-refractivity contribution < 1.29 is 33.3 Å². The molecule has 0 spiro atoms. The summed E-state index contributed by atoms with van der Waals surface area (Å²) in [6.45, 7) is 0. The van der Waals surface area contributed by atoms with Crippen molar-refractivity contribution in [3.63, 3.8) is 0 Å². The quantitative estimate of drug-likeness (QED) is 0.575. The highest BCUT2D eigenvalue weighted by Gasteiger charge is 2.18. The van der Waals surface area contributed by atoms with Gasteiger partial charge in [0.2, 0.25) is 5.75 Å². The van der Waals surface area contributed by atoms with Crippen LogP contribution >= 0.6 is 0 Å². The fourth-order valence-electron chi connectivity index (χ4n) is 2.34. The Hall–Kier alpha value is -3.75. The third-order valence-corrected chi connectivity index (χ3v) is 3.69. The van der Waals surface area contributed by atoms with Gasteiger partial charge in [-0.3, -0.25) is 9.59 Å². The fourth-order valence-corrected chi connectivity index (χ4v) is 2.34. The number of ether oxygens (including phenoxy) is 4. The first-order valence-electron chi connectivity index (χ1n) is 8.04. The minimum Gasteiger partial charge on any atom is -0.493 e. The van der Waals surface area contributed by atoms with Gasteiger partial charge in [0.15, 0.2) is 11.5 Å². The normalized spacial score (nSPS) is 9.86. The van der Waals surface area contributed by atoms with Gasteiger partial charge in [0, 0.05) is 23.5 Å². The van der Waals surface area contributed by atoms with Crippen molar-refractivity contribution in [2.45, 2.75) is 0 Å². The molecular formula is C19H20N2O7. The first-order valence-corrected chi connectivity index (χ1v) is 8.04. The molecule has 0 radical (unpaired) electrons. The van der Waals surface area contributed by atoms with Crippen molar-refractivity contribution in [2.75, 3.05) is 39.1 Å². The zero-order valence-electron chi connectivity index (χ0n) is 15.8. The largest absolute Gasteiger partial charge is 0.493 e. The van der Waals surface area contributed by atoms with Gasteiger partial charge in [-0.05, 0) is 24.3 Å². The molecule has 2 aromatic carbocycles. The summed E-state index contributed by atoms with van der Waals surface area (Å²) in [7, 11) is 5.60. The standard InChI is InChI=1S/C19H20N2O7/c1-25-14-9-13(10-15(26-2)16(14)27-3)21-18(23)17(22)20-12-7-5-11(6-8-12)19(24)28-4/h5-10H,1-4H3,(H,20,22)(H,21,23). The van der Waals surface area contributed by atoms with Crippen molar-refractivity contribution in [1.29, 1.82) is 0 Å². The number of hydrogen-bond donors (Lipinski definition) is 2. The molecule has 9 heteroatoms. The van der Waals surface area contributed by atoms with Crippen LogP contribution in [0.1, 0.15) is 10.4 Å². The summed E-state index contributed by atoms with van der Waals surface area (Å²) in [4.78, 5) is 35.7. The zero-order chi connectivity index (χ0) is 20.7. The molecule has 0 aliphatic carbocycles. The molecule has 148 valence electrons. The van der Waals surface area contributed by atoms with E-state index < -0.39 is 17.8 Å². The van der Waals surface area contributed by atoms with E-state index in [1.807, 2.05) is 0 Å². The van der Waals surface area contributed by atoms with Gasteiger partial charge in [-0.1, -0.05) is 0 Å². The third kappa shape index (κ3) is 4.70. The number of anilines is 2. The van der Waals surface area contributed by atoms with Gasteiger partial charge in [-0.25, -0.2) is 4.79 Å². The molecule has 0 saturated carbocycles. The Kier molecular flexibility index (Phi) is 6.80. The highest BCUT2D eigenvalue weighted by molar-refractivity contribution is 6.43. The number of carbonyl (C=O) groups excluding carboxylic acids is 3. The number of hydrogen-bond acceptors (Lipinski definition) is 7. The van der Waals surface area contributed by atoms with Gasteiger partial charge in [0.25, 0.3) is 0 Å². The van der Waals surface area contributed by atoms with Gasteiger partial charge < -0.3 is 29.6 Å². The summed E-state index contributed by atoms with van der Waals surface area (Å²) >= 11 is 0. The van der Waals surface area contributed by atoms with Crippen LogP contribution in [0.5, 0.6) is 17.2 Å². The second kappa shape index (κ2) is 9.26. The molecule has 0 unspecified atom stereocenters. The van der Waals surface area contributed by atoms with E-state index in [0.717, 1.165) is 0 Å². The maximum absolute atomic E-state index is 12.2. The molecule has 0 heterocycles. The number of nitrogens with one attached hydrogen (secondary N) is 2. The van der Waals surface area contributed by atoms with Crippen molar-refractivity contribution >= 4 is 29.2 Å². The van der Waals surface area contributed by atoms with E-state index in [0.29, 0.717) is 28.5 Å². The zero-order valence-corrected chi connectivity index (χ0v) is 15.8. The summed E-state index contributed by atoms with van der Waals surface area (Å²) in [5, 5.41) is 4.90. The molecule has 0 saturated heterocycles. The lowest BCUT2D eigenvalue weighted by atomic mass is 10.2. The summed E-state index contributed by atoms with van der Waals surface area (Å²) < 4.78 is 20.2. The predicted octanol–water partition coefficient (Wildman–Crippen LogP) is 2.08. The Morgan fingerprint density at radius 3 is 1.64 bits per heavy atom. The molecule has 0 atom stereocenters. The second-order valence-electron chi connectivity index (χ2n) is 5.39. The average molecular weight is 388 g/mol. The van der Waals surface area contributed by atoms with Crippen LogP contribution in [0.2, 0.25) is 0 Å². The fraction of sp³-hybridized carbons (Fsp3) is 0.211. The van der Waals surface area contributed by atoms with E-state index in [1.165, 1.54) is 64.8 Å². The van der Waals surface area contributed by atoms with Crippen LogP contribution in [-0.2, 0) is 14.3 Å². The number of benzene rings is 2. The number of rotatable bonds is 6. The number of amides is 2. The molecule has 2 N–H and O–H groups in total. The molecule has 2 amide bonds. The number of methoxy groups -OCH3 is 4. The molecule has 0 bridgehead atoms. The molecular weight excluding hydrogens is 368 g/mol. The van der Waals surface area contributed by atoms with Gasteiger partial charge in [-0.2, -0.15) is 0 Å². The minimum atomic E-state index is -0.897. The van der Waals surface area contributed by atoms with Crippen LogP contribution in [-0.4, -0.2) is 46.2 Å². The second-order valence-corrected chi connectivity index (χ2v) is 5.39.